The summed E-state index contributed by atoms with van der Waals surface area (Å²) < 4.78 is 25.3. The van der Waals surface area contributed by atoms with Gasteiger partial charge in [-0.15, -0.1) is 5.10 Å². The average Bonchev–Trinajstić information content (AvgIpc) is 3.34. The van der Waals surface area contributed by atoms with E-state index >= 15 is 0 Å². The molecule has 2 saturated heterocycles. The van der Waals surface area contributed by atoms with Gasteiger partial charge in [-0.3, -0.25) is 5.10 Å². The van der Waals surface area contributed by atoms with Gasteiger partial charge in [0.2, 0.25) is 12.2 Å². The highest BCUT2D eigenvalue weighted by Gasteiger charge is 2.46. The highest BCUT2D eigenvalue weighted by Crippen LogP contribution is 2.31. The van der Waals surface area contributed by atoms with Crippen LogP contribution in [-0.2, 0) is 17.6 Å². The fourth-order valence-electron chi connectivity index (χ4n) is 4.99. The molecule has 2 aliphatic rings. The molecule has 0 aliphatic carbocycles. The van der Waals surface area contributed by atoms with Crippen molar-refractivity contribution in [1.29, 1.82) is 0 Å². The van der Waals surface area contributed by atoms with Crippen LogP contribution in [0.2, 0.25) is 0 Å². The van der Waals surface area contributed by atoms with Gasteiger partial charge < -0.3 is 39.9 Å². The molecule has 40 heavy (non-hydrogen) atoms. The number of carbonyl (C=O) groups is 1. The second-order valence-electron chi connectivity index (χ2n) is 11.0. The number of nitrogens with one attached hydrogen (secondary N) is 2. The van der Waals surface area contributed by atoms with E-state index in [0.29, 0.717) is 13.0 Å². The predicted octanol–water partition coefficient (Wildman–Crippen LogP) is 1.17. The summed E-state index contributed by atoms with van der Waals surface area (Å²) in [6.45, 7) is 7.28. The van der Waals surface area contributed by atoms with Crippen molar-refractivity contribution in [2.45, 2.75) is 69.8 Å². The number of amides is 2. The molecule has 222 valence electrons. The molecule has 3 heterocycles. The van der Waals surface area contributed by atoms with E-state index in [2.05, 4.69) is 39.6 Å². The summed E-state index contributed by atoms with van der Waals surface area (Å²) in [6, 6.07) is 8.18. The number of hydrogen-bond acceptors (Lipinski definition) is 8. The number of ether oxygens (including phenoxy) is 2. The molecule has 0 saturated carbocycles. The minimum Gasteiger partial charge on any atom is -0.443 e. The molecule has 2 amide bonds. The van der Waals surface area contributed by atoms with E-state index in [9.17, 15) is 24.5 Å². The third kappa shape index (κ3) is 7.29. The molecule has 12 heteroatoms. The minimum absolute atomic E-state index is 0.000382. The zero-order valence-electron chi connectivity index (χ0n) is 23.4. The highest BCUT2D eigenvalue weighted by atomic mass is 19.1. The maximum Gasteiger partial charge on any atom is 0.317 e. The zero-order chi connectivity index (χ0) is 28.8. The highest BCUT2D eigenvalue weighted by molar-refractivity contribution is 5.74. The van der Waals surface area contributed by atoms with Crippen LogP contribution in [0.1, 0.15) is 48.6 Å². The molecule has 5 atom stereocenters. The second kappa shape index (κ2) is 13.7. The third-order valence-electron chi connectivity index (χ3n) is 7.58. The van der Waals surface area contributed by atoms with Crippen molar-refractivity contribution in [3.05, 3.63) is 46.6 Å². The van der Waals surface area contributed by atoms with Crippen molar-refractivity contribution in [2.24, 2.45) is 0 Å². The van der Waals surface area contributed by atoms with Gasteiger partial charge in [0.25, 0.3) is 0 Å². The number of aliphatic hydroxyl groups is 3. The number of rotatable bonds is 10. The van der Waals surface area contributed by atoms with Crippen LogP contribution in [-0.4, -0.2) is 118 Å². The van der Waals surface area contributed by atoms with Gasteiger partial charge in [-0.05, 0) is 36.9 Å². The first-order valence-corrected chi connectivity index (χ1v) is 14.0. The van der Waals surface area contributed by atoms with Crippen molar-refractivity contribution < 1.29 is 34.0 Å². The molecule has 2 aromatic rings. The summed E-state index contributed by atoms with van der Waals surface area (Å²) in [5.74, 6) is 0.289. The van der Waals surface area contributed by atoms with Crippen LogP contribution in [0.5, 0.6) is 5.88 Å². The fourth-order valence-corrected chi connectivity index (χ4v) is 4.99. The van der Waals surface area contributed by atoms with Gasteiger partial charge in [-0.25, -0.2) is 9.18 Å². The molecule has 2 fully saturated rings. The molecule has 0 radical (unpaired) electrons. The lowest BCUT2D eigenvalue weighted by Crippen LogP contribution is -2.58. The number of benzene rings is 1. The lowest BCUT2D eigenvalue weighted by Gasteiger charge is -2.38. The number of urea groups is 1. The van der Waals surface area contributed by atoms with Crippen molar-refractivity contribution in [1.82, 2.24) is 25.3 Å². The van der Waals surface area contributed by atoms with Crippen LogP contribution in [0, 0.1) is 0 Å². The van der Waals surface area contributed by atoms with E-state index in [1.165, 1.54) is 0 Å². The van der Waals surface area contributed by atoms with E-state index in [4.69, 9.17) is 9.47 Å². The van der Waals surface area contributed by atoms with Crippen LogP contribution in [0.15, 0.2) is 24.3 Å². The maximum atomic E-state index is 14.1. The number of H-pyrrole nitrogens is 1. The first-order valence-electron chi connectivity index (χ1n) is 14.0. The van der Waals surface area contributed by atoms with Gasteiger partial charge in [-0.1, -0.05) is 38.1 Å². The molecule has 4 rings (SSSR count). The molecule has 5 unspecified atom stereocenters. The monoisotopic (exact) mass is 563 g/mol. The normalized spacial score (nSPS) is 25.8. The lowest BCUT2D eigenvalue weighted by atomic mass is 9.98. The third-order valence-corrected chi connectivity index (χ3v) is 7.58. The number of aromatic nitrogens is 2. The number of alkyl halides is 1. The fraction of sp³-hybridized carbons (Fsp3) is 0.643. The second-order valence-corrected chi connectivity index (χ2v) is 11.0. The van der Waals surface area contributed by atoms with E-state index < -0.39 is 37.4 Å². The smallest absolute Gasteiger partial charge is 0.317 e. The summed E-state index contributed by atoms with van der Waals surface area (Å²) in [5, 5.41) is 40.0. The number of aromatic amines is 1. The Balaban J connectivity index is 1.33. The van der Waals surface area contributed by atoms with Gasteiger partial charge in [0.1, 0.15) is 18.3 Å². The van der Waals surface area contributed by atoms with Crippen molar-refractivity contribution >= 4 is 6.03 Å². The Kier molecular flexibility index (Phi) is 10.4. The maximum absolute atomic E-state index is 14.1. The standard InChI is InChI=1S/C28H42FN5O6/c1-17(2)23-20(26(32-31-23)40-27-25(37)24(36)22(29)21(16-35)39-27)15-19-8-6-18(7-9-19)5-4-10-30-28(38)34-13-11-33(3)12-14-34/h6-9,17,21-22,24-25,27,35-37H,4-5,10-16H2,1-3H3,(H,30,38)(H,31,32). The Morgan fingerprint density at radius 1 is 1.18 bits per heavy atom. The topological polar surface area (TPSA) is 143 Å². The molecule has 1 aromatic heterocycles. The number of nitrogens with zero attached hydrogens (tertiary/aromatic N) is 3. The Hall–Kier alpha value is -2.77. The Morgan fingerprint density at radius 3 is 2.50 bits per heavy atom. The quantitative estimate of drug-likeness (QED) is 0.271. The molecule has 1 aromatic carbocycles. The number of aliphatic hydroxyl groups excluding tert-OH is 3. The van der Waals surface area contributed by atoms with Crippen LogP contribution < -0.4 is 10.1 Å². The molecule has 0 spiro atoms. The van der Waals surface area contributed by atoms with Crippen LogP contribution in [0.25, 0.3) is 0 Å². The van der Waals surface area contributed by atoms with Gasteiger partial charge in [-0.2, -0.15) is 0 Å². The van der Waals surface area contributed by atoms with Gasteiger partial charge in [0.05, 0.1) is 6.61 Å². The zero-order valence-corrected chi connectivity index (χ0v) is 23.4. The largest absolute Gasteiger partial charge is 0.443 e. The minimum atomic E-state index is -1.93. The molecular weight excluding hydrogens is 521 g/mol. The van der Waals surface area contributed by atoms with Crippen LogP contribution in [0.3, 0.4) is 0 Å². The lowest BCUT2D eigenvalue weighted by molar-refractivity contribution is -0.265. The van der Waals surface area contributed by atoms with Crippen molar-refractivity contribution in [3.63, 3.8) is 0 Å². The average molecular weight is 564 g/mol. The summed E-state index contributed by atoms with van der Waals surface area (Å²) in [7, 11) is 2.06. The number of likely N-dealkylation sites (N-methyl/N-ethyl adjacent to an activating group) is 1. The first-order chi connectivity index (χ1) is 19.2. The van der Waals surface area contributed by atoms with E-state index in [1.54, 1.807) is 0 Å². The Morgan fingerprint density at radius 2 is 1.85 bits per heavy atom. The van der Waals surface area contributed by atoms with Gasteiger partial charge >= 0.3 is 6.03 Å². The van der Waals surface area contributed by atoms with Gasteiger partial charge in [0, 0.05) is 50.4 Å². The molecule has 2 aliphatic heterocycles. The molecule has 11 nitrogen and oxygen atoms in total. The van der Waals surface area contributed by atoms with E-state index in [1.807, 2.05) is 30.9 Å². The Labute approximate surface area is 234 Å². The SMILES string of the molecule is CC(C)c1[nH]nc(OC2OC(CO)C(F)C(O)C2O)c1Cc1ccc(CCCNC(=O)N2CCN(C)CC2)cc1. The molecule has 0 bridgehead atoms. The summed E-state index contributed by atoms with van der Waals surface area (Å²) in [6.07, 6.45) is -5.88. The number of piperazine rings is 1. The van der Waals surface area contributed by atoms with E-state index in [-0.39, 0.29) is 17.8 Å². The summed E-state index contributed by atoms with van der Waals surface area (Å²) in [4.78, 5) is 16.4. The number of carbonyl (C=O) groups excluding carboxylic acids is 1. The van der Waals surface area contributed by atoms with E-state index in [0.717, 1.165) is 61.4 Å². The van der Waals surface area contributed by atoms with Crippen molar-refractivity contribution in [3.8, 4) is 5.88 Å². The number of aryl methyl sites for hydroxylation is 1. The van der Waals surface area contributed by atoms with Crippen molar-refractivity contribution in [2.75, 3.05) is 46.4 Å². The molecule has 5 N–H and O–H groups in total. The number of halogens is 1. The van der Waals surface area contributed by atoms with Gasteiger partial charge in [0.15, 0.2) is 6.17 Å². The summed E-state index contributed by atoms with van der Waals surface area (Å²) in [5.41, 5.74) is 3.79. The predicted molar refractivity (Wildman–Crippen MR) is 146 cm³/mol. The van der Waals surface area contributed by atoms with Crippen LogP contribution in [0.4, 0.5) is 9.18 Å². The number of hydrogen-bond donors (Lipinski definition) is 5. The summed E-state index contributed by atoms with van der Waals surface area (Å²) >= 11 is 0. The van der Waals surface area contributed by atoms with Crippen LogP contribution >= 0.6 is 0 Å². The first kappa shape index (κ1) is 30.2. The molecular formula is C28H42FN5O6. The Bertz CT molecular complexity index is 1090.